The summed E-state index contributed by atoms with van der Waals surface area (Å²) < 4.78 is 2.02. The number of aromatic nitrogens is 2. The van der Waals surface area contributed by atoms with Gasteiger partial charge in [-0.1, -0.05) is 23.8 Å². The summed E-state index contributed by atoms with van der Waals surface area (Å²) in [6.45, 7) is 0. The lowest BCUT2D eigenvalue weighted by atomic mass is 10.1. The Kier molecular flexibility index (Phi) is 4.83. The zero-order chi connectivity index (χ0) is 13.2. The number of aryl methyl sites for hydroxylation is 1. The largest absolute Gasteiger partial charge is 1.00 e. The summed E-state index contributed by atoms with van der Waals surface area (Å²) in [6.07, 6.45) is 10.3. The smallest absolute Gasteiger partial charge is 0.169 e. The summed E-state index contributed by atoms with van der Waals surface area (Å²) in [5.41, 5.74) is 3.42. The molecule has 0 fully saturated rings. The molecule has 0 saturated heterocycles. The predicted octanol–water partition coefficient (Wildman–Crippen LogP) is 0.820. The Morgan fingerprint density at radius 3 is 2.60 bits per heavy atom. The van der Waals surface area contributed by atoms with Gasteiger partial charge in [-0.15, -0.1) is 0 Å². The third-order valence-electron chi connectivity index (χ3n) is 3.14. The molecule has 1 N–H and O–H groups in total. The molecule has 0 radical (unpaired) electrons. The molecule has 0 unspecified atom stereocenters. The van der Waals surface area contributed by atoms with Crippen molar-refractivity contribution < 1.29 is 28.5 Å². The molecule has 2 heterocycles. The maximum Gasteiger partial charge on any atom is 0.169 e. The van der Waals surface area contributed by atoms with Crippen molar-refractivity contribution in [3.63, 3.8) is 0 Å². The van der Waals surface area contributed by atoms with Crippen LogP contribution in [0.15, 0.2) is 48.9 Å². The molecule has 20 heavy (non-hydrogen) atoms. The quantitative estimate of drug-likeness (QED) is 0.489. The minimum absolute atomic E-state index is 0. The molecule has 0 amide bonds. The summed E-state index contributed by atoms with van der Waals surface area (Å²) in [6, 6.07) is 10.0. The summed E-state index contributed by atoms with van der Waals surface area (Å²) in [7, 11) is 2.01. The number of hydrogen-bond acceptors (Lipinski definition) is 0. The first-order valence-electron chi connectivity index (χ1n) is 6.12. The number of fused-ring (bicyclic) bond motifs is 1. The highest BCUT2D eigenvalue weighted by molar-refractivity contribution is 6.31. The molecule has 0 bridgehead atoms. The van der Waals surface area contributed by atoms with Crippen LogP contribution >= 0.6 is 11.6 Å². The number of pyridine rings is 1. The van der Waals surface area contributed by atoms with Gasteiger partial charge in [-0.05, 0) is 29.3 Å². The van der Waals surface area contributed by atoms with Gasteiger partial charge in [0.2, 0.25) is 0 Å². The van der Waals surface area contributed by atoms with E-state index in [0.717, 1.165) is 21.5 Å². The van der Waals surface area contributed by atoms with Gasteiger partial charge in [-0.3, -0.25) is 0 Å². The van der Waals surface area contributed by atoms with E-state index in [-0.39, 0.29) is 24.0 Å². The molecule has 0 saturated carbocycles. The van der Waals surface area contributed by atoms with E-state index >= 15 is 0 Å². The predicted molar refractivity (Wildman–Crippen MR) is 79.9 cm³/mol. The summed E-state index contributed by atoms with van der Waals surface area (Å²) >= 11 is 6.04. The number of nitrogens with zero attached hydrogens (tertiary/aromatic N) is 1. The van der Waals surface area contributed by atoms with Crippen molar-refractivity contribution in [2.45, 2.75) is 0 Å². The molecular weight excluding hydrogens is 383 g/mol. The minimum Gasteiger partial charge on any atom is -1.00 e. The fourth-order valence-electron chi connectivity index (χ4n) is 2.06. The topological polar surface area (TPSA) is 19.7 Å². The third-order valence-corrected chi connectivity index (χ3v) is 3.37. The average molecular weight is 397 g/mol. The van der Waals surface area contributed by atoms with Gasteiger partial charge in [0.15, 0.2) is 12.4 Å². The van der Waals surface area contributed by atoms with Gasteiger partial charge in [0.25, 0.3) is 0 Å². The average Bonchev–Trinajstić information content (AvgIpc) is 2.80. The van der Waals surface area contributed by atoms with E-state index in [1.807, 2.05) is 48.4 Å². The van der Waals surface area contributed by atoms with Crippen LogP contribution in [0.4, 0.5) is 0 Å². The standard InChI is InChI=1S/C16H13ClN2.HI/c1-19-8-6-12(7-9-19)2-3-13-11-18-16-5-4-14(17)10-15(13)16;/h2-11H,1H3;1H. The van der Waals surface area contributed by atoms with E-state index in [9.17, 15) is 0 Å². The van der Waals surface area contributed by atoms with Gasteiger partial charge in [-0.2, -0.15) is 0 Å². The third kappa shape index (κ3) is 3.22. The molecular formula is C16H14ClIN2. The highest BCUT2D eigenvalue weighted by Gasteiger charge is 2.01. The van der Waals surface area contributed by atoms with Crippen molar-refractivity contribution in [1.82, 2.24) is 4.98 Å². The van der Waals surface area contributed by atoms with E-state index in [2.05, 4.69) is 29.3 Å². The fraction of sp³-hybridized carbons (Fsp3) is 0.0625. The summed E-state index contributed by atoms with van der Waals surface area (Å²) in [4.78, 5) is 3.25. The number of aromatic amines is 1. The zero-order valence-electron chi connectivity index (χ0n) is 11.0. The van der Waals surface area contributed by atoms with Gasteiger partial charge in [0.05, 0.1) is 0 Å². The van der Waals surface area contributed by atoms with Crippen molar-refractivity contribution in [1.29, 1.82) is 0 Å². The second kappa shape index (κ2) is 6.41. The molecule has 0 aliphatic heterocycles. The number of benzene rings is 1. The maximum atomic E-state index is 6.04. The lowest BCUT2D eigenvalue weighted by Crippen LogP contribution is -3.00. The number of rotatable bonds is 2. The molecule has 1 aromatic carbocycles. The minimum atomic E-state index is 0. The van der Waals surface area contributed by atoms with E-state index < -0.39 is 0 Å². The summed E-state index contributed by atoms with van der Waals surface area (Å²) in [5.74, 6) is 0. The van der Waals surface area contributed by atoms with Crippen LogP contribution in [0.2, 0.25) is 5.02 Å². The van der Waals surface area contributed by atoms with E-state index in [0.29, 0.717) is 0 Å². The molecule has 0 aliphatic rings. The number of H-pyrrole nitrogens is 1. The highest BCUT2D eigenvalue weighted by atomic mass is 127. The van der Waals surface area contributed by atoms with Crippen LogP contribution in [0, 0.1) is 0 Å². The van der Waals surface area contributed by atoms with E-state index in [1.54, 1.807) is 0 Å². The fourth-order valence-corrected chi connectivity index (χ4v) is 2.23. The van der Waals surface area contributed by atoms with Crippen LogP contribution in [0.25, 0.3) is 23.1 Å². The van der Waals surface area contributed by atoms with Crippen LogP contribution in [-0.4, -0.2) is 4.98 Å². The Hall–Kier alpha value is -1.33. The van der Waals surface area contributed by atoms with Crippen LogP contribution in [0.3, 0.4) is 0 Å². The van der Waals surface area contributed by atoms with Crippen molar-refractivity contribution in [3.8, 4) is 0 Å². The number of halogens is 2. The van der Waals surface area contributed by atoms with Gasteiger partial charge in [0, 0.05) is 34.3 Å². The van der Waals surface area contributed by atoms with Crippen molar-refractivity contribution >= 4 is 34.7 Å². The molecule has 4 heteroatoms. The van der Waals surface area contributed by atoms with Gasteiger partial charge >= 0.3 is 0 Å². The SMILES string of the molecule is C[n+]1ccc(/C=C/c2c[nH]c3ccc(Cl)cc23)cc1.[I-]. The van der Waals surface area contributed by atoms with Crippen molar-refractivity contribution in [2.24, 2.45) is 7.05 Å². The Morgan fingerprint density at radius 1 is 1.10 bits per heavy atom. The van der Waals surface area contributed by atoms with Crippen molar-refractivity contribution in [3.05, 3.63) is 65.1 Å². The lowest BCUT2D eigenvalue weighted by molar-refractivity contribution is -0.671. The van der Waals surface area contributed by atoms with Crippen LogP contribution in [0.1, 0.15) is 11.1 Å². The molecule has 0 aliphatic carbocycles. The van der Waals surface area contributed by atoms with Crippen LogP contribution < -0.4 is 28.5 Å². The second-order valence-corrected chi connectivity index (χ2v) is 5.00. The highest BCUT2D eigenvalue weighted by Crippen LogP contribution is 2.23. The Labute approximate surface area is 140 Å². The van der Waals surface area contributed by atoms with Crippen molar-refractivity contribution in [2.75, 3.05) is 0 Å². The second-order valence-electron chi connectivity index (χ2n) is 4.56. The van der Waals surface area contributed by atoms with Crippen LogP contribution in [-0.2, 0) is 7.05 Å². The Morgan fingerprint density at radius 2 is 1.85 bits per heavy atom. The monoisotopic (exact) mass is 396 g/mol. The molecule has 3 rings (SSSR count). The van der Waals surface area contributed by atoms with Gasteiger partial charge in [0.1, 0.15) is 7.05 Å². The zero-order valence-corrected chi connectivity index (χ0v) is 13.9. The van der Waals surface area contributed by atoms with Gasteiger partial charge in [-0.25, -0.2) is 4.57 Å². The van der Waals surface area contributed by atoms with Gasteiger partial charge < -0.3 is 29.0 Å². The van der Waals surface area contributed by atoms with E-state index in [1.165, 1.54) is 5.56 Å². The molecule has 0 spiro atoms. The van der Waals surface area contributed by atoms with E-state index in [4.69, 9.17) is 11.6 Å². The van der Waals surface area contributed by atoms with Crippen LogP contribution in [0.5, 0.6) is 0 Å². The first kappa shape index (κ1) is 15.1. The molecule has 2 nitrogen and oxygen atoms in total. The maximum absolute atomic E-state index is 6.04. The normalized spacial score (nSPS) is 10.9. The Balaban J connectivity index is 0.00000147. The Bertz CT molecular complexity index is 745. The first-order valence-corrected chi connectivity index (χ1v) is 6.50. The lowest BCUT2D eigenvalue weighted by Gasteiger charge is -1.94. The first-order chi connectivity index (χ1) is 9.22. The summed E-state index contributed by atoms with van der Waals surface area (Å²) in [5, 5.41) is 1.90. The molecule has 102 valence electrons. The number of nitrogens with one attached hydrogen (secondary N) is 1. The molecule has 2 aromatic heterocycles. The molecule has 0 atom stereocenters. The number of hydrogen-bond donors (Lipinski definition) is 1. The molecule has 3 aromatic rings.